The Morgan fingerprint density at radius 3 is 1.31 bits per heavy atom. The molecular weight excluding hydrogens is 660 g/mol. The van der Waals surface area contributed by atoms with Crippen molar-refractivity contribution in [3.05, 3.63) is 79.9 Å². The molecule has 0 bridgehead atoms. The van der Waals surface area contributed by atoms with Gasteiger partial charge >= 0.3 is 0 Å². The maximum Gasteiger partial charge on any atom is 0.269 e. The Labute approximate surface area is 301 Å². The number of nitro benzene ring substituents is 2. The Morgan fingerprint density at radius 2 is 0.941 bits per heavy atom. The molecule has 0 N–H and O–H groups in total. The Bertz CT molecular complexity index is 1230. The molecule has 0 aliphatic heterocycles. The number of hydrogen-bond donors (Lipinski definition) is 0. The van der Waals surface area contributed by atoms with E-state index in [1.165, 1.54) is 12.1 Å². The molecule has 2 aromatic rings. The molecule has 0 amide bonds. The van der Waals surface area contributed by atoms with Crippen LogP contribution in [-0.4, -0.2) is 87.1 Å². The summed E-state index contributed by atoms with van der Waals surface area (Å²) < 4.78 is 43.4. The quantitative estimate of drug-likeness (QED) is 0.0593. The van der Waals surface area contributed by atoms with Gasteiger partial charge < -0.3 is 33.2 Å². The highest BCUT2D eigenvalue weighted by atomic mass is 16.6. The molecule has 51 heavy (non-hydrogen) atoms. The molecule has 2 aliphatic rings. The highest BCUT2D eigenvalue weighted by Gasteiger charge is 2.50. The first-order valence-electron chi connectivity index (χ1n) is 18.6. The van der Waals surface area contributed by atoms with E-state index in [4.69, 9.17) is 33.2 Å². The zero-order valence-corrected chi connectivity index (χ0v) is 30.3. The van der Waals surface area contributed by atoms with E-state index in [0.29, 0.717) is 103 Å². The summed E-state index contributed by atoms with van der Waals surface area (Å²) in [5.41, 5.74) is -0.549. The topological polar surface area (TPSA) is 151 Å². The summed E-state index contributed by atoms with van der Waals surface area (Å²) in [5.74, 6) is 0. The fraction of sp³-hybridized carbons (Fsp3) is 0.684. The number of rotatable bonds is 24. The summed E-state index contributed by atoms with van der Waals surface area (Å²) in [5, 5.41) is 24.1. The van der Waals surface area contributed by atoms with E-state index in [0.717, 1.165) is 38.5 Å². The highest BCUT2D eigenvalue weighted by molar-refractivity contribution is 5.38. The predicted octanol–water partition coefficient (Wildman–Crippen LogP) is 7.85. The molecule has 0 saturated heterocycles. The van der Waals surface area contributed by atoms with Crippen molar-refractivity contribution in [3.8, 4) is 0 Å². The maximum atomic E-state index is 12.0. The van der Waals surface area contributed by atoms with Crippen LogP contribution < -0.4 is 0 Å². The summed E-state index contributed by atoms with van der Waals surface area (Å²) in [6.07, 6.45) is 6.79. The molecule has 13 nitrogen and oxygen atoms in total. The van der Waals surface area contributed by atoms with Crippen molar-refractivity contribution in [1.29, 1.82) is 0 Å². The van der Waals surface area contributed by atoms with Crippen molar-refractivity contribution >= 4 is 11.4 Å². The molecular formula is C38H56N2O11. The van der Waals surface area contributed by atoms with Crippen molar-refractivity contribution in [2.75, 3.05) is 66.1 Å². The highest BCUT2D eigenvalue weighted by Crippen LogP contribution is 2.51. The van der Waals surface area contributed by atoms with E-state index in [9.17, 15) is 20.2 Å². The molecule has 13 heteroatoms. The molecule has 0 heterocycles. The van der Waals surface area contributed by atoms with E-state index in [1.54, 1.807) is 24.3 Å². The second-order valence-corrected chi connectivity index (χ2v) is 13.2. The van der Waals surface area contributed by atoms with Gasteiger partial charge in [-0.05, 0) is 50.7 Å². The molecule has 2 unspecified atom stereocenters. The average Bonchev–Trinajstić information content (AvgIpc) is 3.15. The molecule has 0 spiro atoms. The normalized spacial score (nSPS) is 18.2. The molecule has 4 rings (SSSR count). The lowest BCUT2D eigenvalue weighted by Gasteiger charge is -2.49. The minimum absolute atomic E-state index is 0.0500. The van der Waals surface area contributed by atoms with Crippen LogP contribution in [0.25, 0.3) is 0 Å². The van der Waals surface area contributed by atoms with Gasteiger partial charge in [-0.2, -0.15) is 0 Å². The van der Waals surface area contributed by atoms with E-state index >= 15 is 0 Å². The van der Waals surface area contributed by atoms with Crippen molar-refractivity contribution in [1.82, 2.24) is 0 Å². The molecule has 2 atom stereocenters. The third kappa shape index (κ3) is 12.0. The number of hydrogen-bond acceptors (Lipinski definition) is 11. The van der Waals surface area contributed by atoms with Gasteiger partial charge in [0.2, 0.25) is 0 Å². The first kappa shape index (κ1) is 40.7. The minimum Gasteiger partial charge on any atom is -0.379 e. The number of ether oxygens (including phenoxy) is 7. The van der Waals surface area contributed by atoms with Crippen molar-refractivity contribution in [3.63, 3.8) is 0 Å². The molecule has 2 aliphatic carbocycles. The molecule has 0 aromatic heterocycles. The summed E-state index contributed by atoms with van der Waals surface area (Å²) in [6.45, 7) is 8.26. The monoisotopic (exact) mass is 716 g/mol. The zero-order chi connectivity index (χ0) is 36.4. The second kappa shape index (κ2) is 21.5. The minimum atomic E-state index is -0.839. The molecule has 2 fully saturated rings. The molecule has 284 valence electrons. The van der Waals surface area contributed by atoms with Crippen LogP contribution in [0, 0.1) is 20.2 Å². The van der Waals surface area contributed by atoms with Crippen LogP contribution in [0.2, 0.25) is 0 Å². The first-order valence-corrected chi connectivity index (χ1v) is 18.6. The number of non-ortho nitro benzene ring substituents is 2. The molecule has 0 radical (unpaired) electrons. The van der Waals surface area contributed by atoms with Gasteiger partial charge in [-0.15, -0.1) is 0 Å². The summed E-state index contributed by atoms with van der Waals surface area (Å²) in [6, 6.07) is 13.1. The second-order valence-electron chi connectivity index (χ2n) is 13.2. The SMILES string of the molecule is CCOCCOCCOC1(C(OC(c2cccc([N+](=O)[O-])c2)C2(OCCOCCOCC)CCCCC2)c2cccc([N+](=O)[O-])c2)CCCCC1. The van der Waals surface area contributed by atoms with Crippen LogP contribution in [0.15, 0.2) is 48.5 Å². The van der Waals surface area contributed by atoms with E-state index in [1.807, 2.05) is 26.0 Å². The number of benzene rings is 2. The van der Waals surface area contributed by atoms with Gasteiger partial charge in [0.1, 0.15) is 12.2 Å². The fourth-order valence-corrected chi connectivity index (χ4v) is 7.35. The van der Waals surface area contributed by atoms with Crippen LogP contribution in [0.4, 0.5) is 11.4 Å². The third-order valence-electron chi connectivity index (χ3n) is 9.78. The number of nitrogens with zero attached hydrogens (tertiary/aromatic N) is 2. The molecule has 2 saturated carbocycles. The van der Waals surface area contributed by atoms with Gasteiger partial charge in [0.05, 0.1) is 73.9 Å². The summed E-state index contributed by atoms with van der Waals surface area (Å²) in [4.78, 5) is 23.2. The lowest BCUT2D eigenvalue weighted by molar-refractivity contribution is -0.385. The maximum absolute atomic E-state index is 12.0. The third-order valence-corrected chi connectivity index (χ3v) is 9.78. The lowest BCUT2D eigenvalue weighted by atomic mass is 9.75. The largest absolute Gasteiger partial charge is 0.379 e. The van der Waals surface area contributed by atoms with Gasteiger partial charge in [-0.1, -0.05) is 62.8 Å². The van der Waals surface area contributed by atoms with Crippen molar-refractivity contribution < 1.29 is 43.0 Å². The smallest absolute Gasteiger partial charge is 0.269 e. The van der Waals surface area contributed by atoms with Gasteiger partial charge in [-0.3, -0.25) is 20.2 Å². The summed E-state index contributed by atoms with van der Waals surface area (Å²) >= 11 is 0. The van der Waals surface area contributed by atoms with Gasteiger partial charge in [0.25, 0.3) is 11.4 Å². The van der Waals surface area contributed by atoms with Gasteiger partial charge in [0, 0.05) is 37.5 Å². The predicted molar refractivity (Wildman–Crippen MR) is 191 cm³/mol. The lowest BCUT2D eigenvalue weighted by Crippen LogP contribution is -2.48. The standard InChI is InChI=1S/C38H56N2O11/c1-3-45-21-23-47-25-27-49-37(17-7-5-8-18-37)35(31-13-11-15-33(29-31)39(41)42)51-36(32-14-12-16-34(30-32)40(43)44)38(19-9-6-10-20-38)50-28-26-48-24-22-46-4-2/h11-16,29-30,35-36H,3-10,17-28H2,1-2H3. The van der Waals surface area contributed by atoms with Crippen LogP contribution in [0.3, 0.4) is 0 Å². The number of nitro groups is 2. The Kier molecular flexibility index (Phi) is 17.2. The zero-order valence-electron chi connectivity index (χ0n) is 30.3. The Hall–Kier alpha value is -3.04. The van der Waals surface area contributed by atoms with Gasteiger partial charge in [-0.25, -0.2) is 0 Å². The first-order chi connectivity index (χ1) is 24.8. The Balaban J connectivity index is 1.75. The van der Waals surface area contributed by atoms with Crippen molar-refractivity contribution in [2.24, 2.45) is 0 Å². The Morgan fingerprint density at radius 1 is 0.569 bits per heavy atom. The van der Waals surface area contributed by atoms with Crippen LogP contribution in [0.5, 0.6) is 0 Å². The average molecular weight is 717 g/mol. The van der Waals surface area contributed by atoms with E-state index in [-0.39, 0.29) is 11.4 Å². The van der Waals surface area contributed by atoms with E-state index in [2.05, 4.69) is 0 Å². The van der Waals surface area contributed by atoms with Crippen LogP contribution in [0.1, 0.15) is 101 Å². The van der Waals surface area contributed by atoms with E-state index < -0.39 is 33.3 Å². The van der Waals surface area contributed by atoms with Crippen LogP contribution >= 0.6 is 0 Å². The summed E-state index contributed by atoms with van der Waals surface area (Å²) in [7, 11) is 0. The van der Waals surface area contributed by atoms with Gasteiger partial charge in [0.15, 0.2) is 0 Å². The van der Waals surface area contributed by atoms with Crippen molar-refractivity contribution in [2.45, 2.75) is 101 Å². The fourth-order valence-electron chi connectivity index (χ4n) is 7.35. The van der Waals surface area contributed by atoms with Crippen LogP contribution in [-0.2, 0) is 33.2 Å². The molecule has 2 aromatic carbocycles.